The Hall–Kier alpha value is -4.10. The van der Waals surface area contributed by atoms with E-state index in [1.807, 2.05) is 0 Å². The Morgan fingerprint density at radius 2 is 1.82 bits per heavy atom. The number of carbonyl (C=O) groups excluding carboxylic acids is 4. The number of ether oxygens (including phenoxy) is 1. The molecule has 4 heterocycles. The summed E-state index contributed by atoms with van der Waals surface area (Å²) in [5, 5.41) is 31.9. The van der Waals surface area contributed by atoms with Crippen LogP contribution in [0.2, 0.25) is 0 Å². The van der Waals surface area contributed by atoms with E-state index in [4.69, 9.17) is 4.74 Å². The van der Waals surface area contributed by atoms with E-state index in [0.717, 1.165) is 0 Å². The molecule has 2 aliphatic heterocycles. The van der Waals surface area contributed by atoms with E-state index in [9.17, 15) is 29.4 Å². The van der Waals surface area contributed by atoms with E-state index in [1.54, 1.807) is 24.5 Å². The van der Waals surface area contributed by atoms with Crippen molar-refractivity contribution in [3.8, 4) is 5.75 Å². The summed E-state index contributed by atoms with van der Waals surface area (Å²) in [5.41, 5.74) is 0.395. The average molecular weight is 541 g/mol. The highest BCUT2D eigenvalue weighted by molar-refractivity contribution is 5.98. The first-order valence-electron chi connectivity index (χ1n) is 12.7. The summed E-state index contributed by atoms with van der Waals surface area (Å²) in [6, 6.07) is 1.87. The van der Waals surface area contributed by atoms with Crippen LogP contribution in [0.5, 0.6) is 5.75 Å². The third-order valence-electron chi connectivity index (χ3n) is 6.97. The molecule has 0 bridgehead atoms. The van der Waals surface area contributed by atoms with Crippen LogP contribution >= 0.6 is 0 Å². The van der Waals surface area contributed by atoms with Crippen molar-refractivity contribution in [3.05, 3.63) is 54.1 Å². The molecule has 7 atom stereocenters. The first-order chi connectivity index (χ1) is 18.7. The lowest BCUT2D eigenvalue weighted by Gasteiger charge is -2.37. The van der Waals surface area contributed by atoms with Crippen molar-refractivity contribution < 1.29 is 34.1 Å². The van der Waals surface area contributed by atoms with Crippen LogP contribution in [0.4, 0.5) is 0 Å². The Kier molecular flexibility index (Phi) is 8.72. The molecule has 6 N–H and O–H groups in total. The van der Waals surface area contributed by atoms with Crippen LogP contribution in [0.1, 0.15) is 36.3 Å². The fourth-order valence-corrected chi connectivity index (χ4v) is 4.53. The Morgan fingerprint density at radius 3 is 2.46 bits per heavy atom. The zero-order valence-electron chi connectivity index (χ0n) is 21.5. The van der Waals surface area contributed by atoms with Crippen molar-refractivity contribution in [2.24, 2.45) is 5.92 Å². The number of aliphatic hydroxyl groups excluding tert-OH is 1. The highest BCUT2D eigenvalue weighted by Gasteiger charge is 2.41. The first-order valence-corrected chi connectivity index (χ1v) is 12.7. The van der Waals surface area contributed by atoms with Gasteiger partial charge in [-0.25, -0.2) is 4.98 Å². The second-order valence-corrected chi connectivity index (χ2v) is 9.76. The van der Waals surface area contributed by atoms with Crippen molar-refractivity contribution in [2.45, 2.75) is 63.1 Å². The maximum Gasteiger partial charge on any atom is 0.274 e. The number of hydrogen-bond donors (Lipinski definition) is 6. The van der Waals surface area contributed by atoms with Crippen LogP contribution in [0, 0.1) is 5.92 Å². The molecule has 4 rings (SSSR count). The highest BCUT2D eigenvalue weighted by Crippen LogP contribution is 2.19. The topological polar surface area (TPSA) is 192 Å². The molecule has 0 spiro atoms. The zero-order chi connectivity index (χ0) is 28.1. The average Bonchev–Trinajstić information content (AvgIpc) is 2.89. The number of nitrogens with zero attached hydrogens (tertiary/aromatic N) is 2. The maximum absolute atomic E-state index is 13.6. The molecule has 2 aromatic heterocycles. The third kappa shape index (κ3) is 6.49. The number of aliphatic hydroxyl groups is 1. The lowest BCUT2D eigenvalue weighted by atomic mass is 9.91. The quantitative estimate of drug-likeness (QED) is 0.270. The lowest BCUT2D eigenvalue weighted by molar-refractivity contribution is -0.144. The minimum absolute atomic E-state index is 0.135. The molecule has 13 heteroatoms. The van der Waals surface area contributed by atoms with Gasteiger partial charge in [0.1, 0.15) is 17.8 Å². The monoisotopic (exact) mass is 540 g/mol. The summed E-state index contributed by atoms with van der Waals surface area (Å²) < 4.78 is 5.46. The van der Waals surface area contributed by atoms with Crippen LogP contribution in [-0.4, -0.2) is 86.8 Å². The third-order valence-corrected chi connectivity index (χ3v) is 6.97. The number of nitrogens with one attached hydrogen (secondary N) is 4. The highest BCUT2D eigenvalue weighted by atomic mass is 16.5. The van der Waals surface area contributed by atoms with Gasteiger partial charge < -0.3 is 36.2 Å². The molecule has 0 aliphatic carbocycles. The van der Waals surface area contributed by atoms with Crippen molar-refractivity contribution in [1.82, 2.24) is 31.2 Å². The van der Waals surface area contributed by atoms with Crippen LogP contribution in [0.25, 0.3) is 0 Å². The summed E-state index contributed by atoms with van der Waals surface area (Å²) >= 11 is 0. The van der Waals surface area contributed by atoms with E-state index in [0.29, 0.717) is 18.6 Å². The SMILES string of the molecule is C[C@H]1NC(=O)C(C2CCO2)NC(=O)[C@H](C)[C@H](O)[C@H](Cc2cccnc2)NC(=O)[C@H]1NC(=O)c1ncccc1O. The molecule has 0 aromatic carbocycles. The van der Waals surface area contributed by atoms with Gasteiger partial charge >= 0.3 is 0 Å². The van der Waals surface area contributed by atoms with Crippen LogP contribution in [0.15, 0.2) is 42.9 Å². The van der Waals surface area contributed by atoms with E-state index in [1.165, 1.54) is 32.2 Å². The summed E-state index contributed by atoms with van der Waals surface area (Å²) in [6.07, 6.45) is 3.21. The Bertz CT molecular complexity index is 1210. The second-order valence-electron chi connectivity index (χ2n) is 9.76. The summed E-state index contributed by atoms with van der Waals surface area (Å²) in [5.74, 6) is -4.15. The van der Waals surface area contributed by atoms with Crippen LogP contribution in [0.3, 0.4) is 0 Å². The minimum atomic E-state index is -1.36. The van der Waals surface area contributed by atoms with Gasteiger partial charge in [-0.15, -0.1) is 0 Å². The largest absolute Gasteiger partial charge is 0.505 e. The number of pyridine rings is 2. The number of aromatic hydroxyl groups is 1. The smallest absolute Gasteiger partial charge is 0.274 e. The molecule has 2 unspecified atom stereocenters. The molecular weight excluding hydrogens is 508 g/mol. The number of rotatable bonds is 5. The van der Waals surface area contributed by atoms with Crippen molar-refractivity contribution in [3.63, 3.8) is 0 Å². The van der Waals surface area contributed by atoms with E-state index < -0.39 is 65.9 Å². The molecule has 2 aromatic rings. The standard InChI is InChI=1S/C26H32N6O7/c1-13-22(34)16(11-15-5-3-8-27-12-15)30-24(36)19(31-25(37)20-17(33)6-4-9-28-20)14(2)29-26(38)21(32-23(13)35)18-7-10-39-18/h3-6,8-9,12-14,16,18-19,21-22,33-34H,7,10-11H2,1-2H3,(H,29,38)(H,30,36)(H,31,37)(H,32,35)/t13-,14-,16+,18?,19+,21?,22+/m1/s1. The van der Waals surface area contributed by atoms with Gasteiger partial charge in [0.15, 0.2) is 5.69 Å². The fraction of sp³-hybridized carbons (Fsp3) is 0.462. The number of aromatic nitrogens is 2. The predicted molar refractivity (Wildman–Crippen MR) is 136 cm³/mol. The van der Waals surface area contributed by atoms with Gasteiger partial charge in [0.05, 0.1) is 30.2 Å². The van der Waals surface area contributed by atoms with Crippen LogP contribution in [-0.2, 0) is 25.5 Å². The van der Waals surface area contributed by atoms with E-state index in [2.05, 4.69) is 31.2 Å². The van der Waals surface area contributed by atoms with E-state index in [-0.39, 0.29) is 17.9 Å². The molecule has 13 nitrogen and oxygen atoms in total. The van der Waals surface area contributed by atoms with Gasteiger partial charge in [-0.2, -0.15) is 0 Å². The molecule has 2 aliphatic rings. The molecule has 2 saturated heterocycles. The molecule has 4 amide bonds. The molecule has 39 heavy (non-hydrogen) atoms. The first kappa shape index (κ1) is 27.9. The van der Waals surface area contributed by atoms with Crippen molar-refractivity contribution in [1.29, 1.82) is 0 Å². The van der Waals surface area contributed by atoms with E-state index >= 15 is 0 Å². The molecule has 2 fully saturated rings. The lowest BCUT2D eigenvalue weighted by Crippen LogP contribution is -2.66. The normalized spacial score (nSPS) is 29.9. The van der Waals surface area contributed by atoms with Crippen molar-refractivity contribution in [2.75, 3.05) is 6.61 Å². The Balaban J connectivity index is 1.67. The number of amides is 4. The van der Waals surface area contributed by atoms with Crippen molar-refractivity contribution >= 4 is 23.6 Å². The molecule has 208 valence electrons. The summed E-state index contributed by atoms with van der Waals surface area (Å²) in [4.78, 5) is 60.8. The van der Waals surface area contributed by atoms with Gasteiger partial charge in [-0.05, 0) is 43.5 Å². The summed E-state index contributed by atoms with van der Waals surface area (Å²) in [7, 11) is 0. The Morgan fingerprint density at radius 1 is 1.08 bits per heavy atom. The van der Waals surface area contributed by atoms with Gasteiger partial charge in [0, 0.05) is 25.2 Å². The predicted octanol–water partition coefficient (Wildman–Crippen LogP) is -1.20. The number of carbonyl (C=O) groups is 4. The molecule has 0 saturated carbocycles. The minimum Gasteiger partial charge on any atom is -0.505 e. The molecule has 0 radical (unpaired) electrons. The van der Waals surface area contributed by atoms with Gasteiger partial charge in [0.2, 0.25) is 17.7 Å². The van der Waals surface area contributed by atoms with Crippen LogP contribution < -0.4 is 21.3 Å². The fourth-order valence-electron chi connectivity index (χ4n) is 4.53. The van der Waals surface area contributed by atoms with Gasteiger partial charge in [-0.1, -0.05) is 13.0 Å². The molecular formula is C26H32N6O7. The Labute approximate surface area is 224 Å². The maximum atomic E-state index is 13.6. The second kappa shape index (κ2) is 12.2. The number of hydrogen-bond acceptors (Lipinski definition) is 9. The van der Waals surface area contributed by atoms with Gasteiger partial charge in [-0.3, -0.25) is 24.2 Å². The van der Waals surface area contributed by atoms with Gasteiger partial charge in [0.25, 0.3) is 5.91 Å². The zero-order valence-corrected chi connectivity index (χ0v) is 21.5. The summed E-state index contributed by atoms with van der Waals surface area (Å²) in [6.45, 7) is 3.44.